The van der Waals surface area contributed by atoms with Crippen molar-refractivity contribution in [2.45, 2.75) is 25.5 Å². The van der Waals surface area contributed by atoms with E-state index in [2.05, 4.69) is 15.6 Å². The van der Waals surface area contributed by atoms with E-state index in [1.165, 1.54) is 0 Å². The molecular formula is C16H17ClN4O2. The molecular weight excluding hydrogens is 316 g/mol. The maximum atomic E-state index is 12.5. The van der Waals surface area contributed by atoms with Gasteiger partial charge in [-0.3, -0.25) is 9.48 Å². The van der Waals surface area contributed by atoms with E-state index in [4.69, 9.17) is 16.4 Å². The average Bonchev–Trinajstić information content (AvgIpc) is 3.12. The summed E-state index contributed by atoms with van der Waals surface area (Å²) in [5, 5.41) is 11.6. The van der Waals surface area contributed by atoms with E-state index in [9.17, 15) is 4.79 Å². The van der Waals surface area contributed by atoms with E-state index in [1.807, 2.05) is 31.3 Å². The van der Waals surface area contributed by atoms with Crippen LogP contribution in [0, 0.1) is 0 Å². The van der Waals surface area contributed by atoms with Crippen molar-refractivity contribution < 1.29 is 9.63 Å². The molecule has 7 heteroatoms. The zero-order chi connectivity index (χ0) is 16.4. The van der Waals surface area contributed by atoms with Crippen LogP contribution in [-0.2, 0) is 23.2 Å². The zero-order valence-corrected chi connectivity index (χ0v) is 13.7. The molecule has 23 heavy (non-hydrogen) atoms. The summed E-state index contributed by atoms with van der Waals surface area (Å²) in [5.74, 6) is -0.218. The van der Waals surface area contributed by atoms with E-state index >= 15 is 0 Å². The zero-order valence-electron chi connectivity index (χ0n) is 12.9. The molecule has 120 valence electrons. The van der Waals surface area contributed by atoms with E-state index in [0.717, 1.165) is 11.3 Å². The summed E-state index contributed by atoms with van der Waals surface area (Å²) in [5.41, 5.74) is 1.34. The summed E-state index contributed by atoms with van der Waals surface area (Å²) in [7, 11) is 1.83. The number of benzene rings is 1. The number of oxime groups is 1. The lowest BCUT2D eigenvalue weighted by Gasteiger charge is -2.20. The lowest BCUT2D eigenvalue weighted by molar-refractivity contribution is -0.141. The summed E-state index contributed by atoms with van der Waals surface area (Å²) in [6, 6.07) is 9.23. The van der Waals surface area contributed by atoms with Crippen LogP contribution in [0.15, 0.2) is 41.7 Å². The number of nitrogens with one attached hydrogen (secondary N) is 1. The van der Waals surface area contributed by atoms with Gasteiger partial charge in [-0.1, -0.05) is 35.0 Å². The van der Waals surface area contributed by atoms with Crippen molar-refractivity contribution in [2.75, 3.05) is 0 Å². The number of amides is 1. The second-order valence-corrected chi connectivity index (χ2v) is 6.05. The van der Waals surface area contributed by atoms with Crippen molar-refractivity contribution >= 4 is 23.2 Å². The third kappa shape index (κ3) is 3.07. The van der Waals surface area contributed by atoms with Crippen molar-refractivity contribution in [3.8, 4) is 0 Å². The van der Waals surface area contributed by atoms with E-state index < -0.39 is 5.60 Å². The minimum atomic E-state index is -1.03. The summed E-state index contributed by atoms with van der Waals surface area (Å²) in [6.07, 6.45) is 2.06. The number of halogens is 1. The number of aryl methyl sites for hydroxylation is 1. The van der Waals surface area contributed by atoms with Crippen LogP contribution < -0.4 is 5.32 Å². The Hall–Kier alpha value is -2.34. The summed E-state index contributed by atoms with van der Waals surface area (Å²) >= 11 is 6.18. The third-order valence-electron chi connectivity index (χ3n) is 3.88. The number of hydrogen-bond donors (Lipinski definition) is 1. The van der Waals surface area contributed by atoms with E-state index in [1.54, 1.807) is 23.9 Å². The SMILES string of the molecule is Cn1nccc1CNC(=O)[C@@]1(C)CC(c2ccccc2Cl)=NO1. The molecule has 6 nitrogen and oxygen atoms in total. The first-order valence-corrected chi connectivity index (χ1v) is 7.62. The molecule has 2 aromatic rings. The van der Waals surface area contributed by atoms with E-state index in [-0.39, 0.29) is 5.91 Å². The first-order valence-electron chi connectivity index (χ1n) is 7.25. The Labute approximate surface area is 139 Å². The maximum Gasteiger partial charge on any atom is 0.267 e. The summed E-state index contributed by atoms with van der Waals surface area (Å²) in [6.45, 7) is 2.11. The Morgan fingerprint density at radius 2 is 2.22 bits per heavy atom. The predicted molar refractivity (Wildman–Crippen MR) is 87.2 cm³/mol. The monoisotopic (exact) mass is 332 g/mol. The minimum absolute atomic E-state index is 0.218. The molecule has 0 spiro atoms. The topological polar surface area (TPSA) is 68.5 Å². The second kappa shape index (κ2) is 6.04. The number of nitrogens with zero attached hydrogens (tertiary/aromatic N) is 3. The predicted octanol–water partition coefficient (Wildman–Crippen LogP) is 2.27. The number of aromatic nitrogens is 2. The van der Waals surface area contributed by atoms with Gasteiger partial charge in [-0.15, -0.1) is 0 Å². The van der Waals surface area contributed by atoms with Gasteiger partial charge < -0.3 is 10.2 Å². The third-order valence-corrected chi connectivity index (χ3v) is 4.21. The molecule has 2 heterocycles. The molecule has 0 fully saturated rings. The minimum Gasteiger partial charge on any atom is -0.379 e. The van der Waals surface area contributed by atoms with Gasteiger partial charge in [0.05, 0.1) is 18.0 Å². The van der Waals surface area contributed by atoms with Crippen LogP contribution in [0.5, 0.6) is 0 Å². The second-order valence-electron chi connectivity index (χ2n) is 5.65. The van der Waals surface area contributed by atoms with Gasteiger partial charge in [0, 0.05) is 30.3 Å². The summed E-state index contributed by atoms with van der Waals surface area (Å²) < 4.78 is 1.71. The molecule has 1 aliphatic heterocycles. The van der Waals surface area contributed by atoms with Crippen LogP contribution >= 0.6 is 11.6 Å². The maximum absolute atomic E-state index is 12.5. The first kappa shape index (κ1) is 15.6. The lowest BCUT2D eigenvalue weighted by Crippen LogP contribution is -2.44. The van der Waals surface area contributed by atoms with Crippen molar-refractivity contribution in [1.82, 2.24) is 15.1 Å². The van der Waals surface area contributed by atoms with E-state index in [0.29, 0.717) is 23.7 Å². The Kier molecular flexibility index (Phi) is 4.09. The van der Waals surface area contributed by atoms with Gasteiger partial charge in [0.1, 0.15) is 0 Å². The van der Waals surface area contributed by atoms with Gasteiger partial charge in [-0.25, -0.2) is 0 Å². The molecule has 1 N–H and O–H groups in total. The fourth-order valence-corrected chi connectivity index (χ4v) is 2.68. The smallest absolute Gasteiger partial charge is 0.267 e. The standard InChI is InChI=1S/C16H17ClN4O2/c1-16(15(22)18-10-11-7-8-19-21(11)2)9-14(20-23-16)12-5-3-4-6-13(12)17/h3-8H,9-10H2,1-2H3,(H,18,22)/t16-/m1/s1. The van der Waals surface area contributed by atoms with Crippen LogP contribution in [0.2, 0.25) is 5.02 Å². The Bertz CT molecular complexity index is 771. The quantitative estimate of drug-likeness (QED) is 0.933. The largest absolute Gasteiger partial charge is 0.379 e. The number of carbonyl (C=O) groups is 1. The van der Waals surface area contributed by atoms with Crippen LogP contribution in [0.4, 0.5) is 0 Å². The highest BCUT2D eigenvalue weighted by molar-refractivity contribution is 6.34. The molecule has 1 amide bonds. The molecule has 0 bridgehead atoms. The van der Waals surface area contributed by atoms with Crippen molar-refractivity contribution in [2.24, 2.45) is 12.2 Å². The van der Waals surface area contributed by atoms with Crippen LogP contribution in [0.1, 0.15) is 24.6 Å². The van der Waals surface area contributed by atoms with Gasteiger partial charge in [0.25, 0.3) is 5.91 Å². The van der Waals surface area contributed by atoms with Gasteiger partial charge in [0.15, 0.2) is 0 Å². The summed E-state index contributed by atoms with van der Waals surface area (Å²) in [4.78, 5) is 17.9. The molecule has 1 aromatic carbocycles. The number of rotatable bonds is 4. The lowest BCUT2D eigenvalue weighted by atomic mass is 9.95. The Morgan fingerprint density at radius 3 is 2.91 bits per heavy atom. The van der Waals surface area contributed by atoms with Gasteiger partial charge >= 0.3 is 0 Å². The molecule has 3 rings (SSSR count). The van der Waals surface area contributed by atoms with Crippen LogP contribution in [-0.4, -0.2) is 27.0 Å². The average molecular weight is 333 g/mol. The van der Waals surface area contributed by atoms with Crippen LogP contribution in [0.3, 0.4) is 0 Å². The highest BCUT2D eigenvalue weighted by atomic mass is 35.5. The number of hydrogen-bond acceptors (Lipinski definition) is 4. The molecule has 1 atom stereocenters. The molecule has 0 aliphatic carbocycles. The number of carbonyl (C=O) groups excluding carboxylic acids is 1. The Morgan fingerprint density at radius 1 is 1.43 bits per heavy atom. The van der Waals surface area contributed by atoms with Crippen molar-refractivity contribution in [3.63, 3.8) is 0 Å². The van der Waals surface area contributed by atoms with Crippen molar-refractivity contribution in [1.29, 1.82) is 0 Å². The van der Waals surface area contributed by atoms with Gasteiger partial charge in [-0.2, -0.15) is 5.10 Å². The highest BCUT2D eigenvalue weighted by Crippen LogP contribution is 2.29. The Balaban J connectivity index is 1.66. The fraction of sp³-hybridized carbons (Fsp3) is 0.312. The molecule has 0 saturated carbocycles. The first-order chi connectivity index (χ1) is 11.0. The van der Waals surface area contributed by atoms with Gasteiger partial charge in [0.2, 0.25) is 5.60 Å². The van der Waals surface area contributed by atoms with Crippen LogP contribution in [0.25, 0.3) is 0 Å². The molecule has 0 saturated heterocycles. The van der Waals surface area contributed by atoms with Gasteiger partial charge in [-0.05, 0) is 19.1 Å². The highest BCUT2D eigenvalue weighted by Gasteiger charge is 2.42. The molecule has 1 aliphatic rings. The molecule has 1 aromatic heterocycles. The fourth-order valence-electron chi connectivity index (χ4n) is 2.43. The molecule has 0 unspecified atom stereocenters. The normalized spacial score (nSPS) is 20.0. The van der Waals surface area contributed by atoms with Crippen molar-refractivity contribution in [3.05, 3.63) is 52.8 Å². The molecule has 0 radical (unpaired) electrons.